The van der Waals surface area contributed by atoms with Crippen LogP contribution < -0.4 is 5.56 Å². The Hall–Kier alpha value is -1.62. The van der Waals surface area contributed by atoms with Gasteiger partial charge in [-0.2, -0.15) is 0 Å². The molecular formula is C15H17BrN2O2. The number of aryl methyl sites for hydroxylation is 2. The van der Waals surface area contributed by atoms with Crippen molar-refractivity contribution in [1.82, 2.24) is 9.97 Å². The van der Waals surface area contributed by atoms with E-state index in [2.05, 4.69) is 25.9 Å². The Morgan fingerprint density at radius 1 is 1.25 bits per heavy atom. The van der Waals surface area contributed by atoms with Gasteiger partial charge in [-0.1, -0.05) is 13.8 Å². The van der Waals surface area contributed by atoms with Gasteiger partial charge in [-0.3, -0.25) is 4.79 Å². The standard InChI is InChI=1S/C15H17BrN2O2/c1-7(2)12-11(16)15(20)18-14(17-12)10-5-8(3)13(19)9(4)6-10/h5-7,19H,1-4H3,(H,17,18,20). The highest BCUT2D eigenvalue weighted by Crippen LogP contribution is 2.28. The second-order valence-corrected chi connectivity index (χ2v) is 6.02. The Balaban J connectivity index is 2.68. The van der Waals surface area contributed by atoms with Crippen LogP contribution in [0.1, 0.15) is 36.6 Å². The fourth-order valence-corrected chi connectivity index (χ4v) is 2.73. The number of halogens is 1. The molecule has 0 amide bonds. The third-order valence-corrected chi connectivity index (χ3v) is 3.97. The number of hydrogen-bond donors (Lipinski definition) is 2. The first kappa shape index (κ1) is 14.8. The maximum absolute atomic E-state index is 12.0. The topological polar surface area (TPSA) is 66.0 Å². The summed E-state index contributed by atoms with van der Waals surface area (Å²) in [5.41, 5.74) is 2.85. The van der Waals surface area contributed by atoms with Crippen molar-refractivity contribution in [2.75, 3.05) is 0 Å². The number of aromatic amines is 1. The van der Waals surface area contributed by atoms with E-state index in [0.717, 1.165) is 22.4 Å². The molecule has 0 aliphatic carbocycles. The van der Waals surface area contributed by atoms with Gasteiger partial charge in [0, 0.05) is 5.56 Å². The molecule has 1 aromatic heterocycles. The average Bonchev–Trinajstić information content (AvgIpc) is 2.38. The molecule has 0 bridgehead atoms. The first-order chi connectivity index (χ1) is 9.31. The molecule has 0 aliphatic rings. The van der Waals surface area contributed by atoms with E-state index in [1.165, 1.54) is 0 Å². The SMILES string of the molecule is Cc1cc(-c2nc(C(C)C)c(Br)c(=O)[nH]2)cc(C)c1O. The highest BCUT2D eigenvalue weighted by atomic mass is 79.9. The molecule has 1 heterocycles. The first-order valence-electron chi connectivity index (χ1n) is 6.41. The van der Waals surface area contributed by atoms with Gasteiger partial charge in [0.25, 0.3) is 5.56 Å². The van der Waals surface area contributed by atoms with E-state index in [0.29, 0.717) is 10.3 Å². The van der Waals surface area contributed by atoms with Crippen LogP contribution in [0.3, 0.4) is 0 Å². The molecule has 0 atom stereocenters. The molecule has 20 heavy (non-hydrogen) atoms. The molecule has 2 N–H and O–H groups in total. The van der Waals surface area contributed by atoms with Crippen LogP contribution in [0.15, 0.2) is 21.4 Å². The number of aromatic nitrogens is 2. The predicted octanol–water partition coefficient (Wildman–Crippen LogP) is 3.65. The van der Waals surface area contributed by atoms with Crippen LogP contribution in [-0.4, -0.2) is 15.1 Å². The zero-order valence-corrected chi connectivity index (χ0v) is 13.5. The van der Waals surface area contributed by atoms with Crippen molar-refractivity contribution in [2.45, 2.75) is 33.6 Å². The van der Waals surface area contributed by atoms with Crippen molar-refractivity contribution in [3.05, 3.63) is 43.8 Å². The van der Waals surface area contributed by atoms with Crippen molar-refractivity contribution in [2.24, 2.45) is 0 Å². The fraction of sp³-hybridized carbons (Fsp3) is 0.333. The number of phenolic OH excluding ortho intramolecular Hbond substituents is 1. The summed E-state index contributed by atoms with van der Waals surface area (Å²) in [5, 5.41) is 9.82. The lowest BCUT2D eigenvalue weighted by Gasteiger charge is -2.11. The first-order valence-corrected chi connectivity index (χ1v) is 7.21. The lowest BCUT2D eigenvalue weighted by atomic mass is 10.0. The quantitative estimate of drug-likeness (QED) is 0.879. The minimum absolute atomic E-state index is 0.143. The van der Waals surface area contributed by atoms with Crippen LogP contribution in [0.2, 0.25) is 0 Å². The van der Waals surface area contributed by atoms with Gasteiger partial charge in [-0.25, -0.2) is 4.98 Å². The highest BCUT2D eigenvalue weighted by molar-refractivity contribution is 9.10. The number of benzene rings is 1. The second kappa shape index (κ2) is 5.40. The minimum Gasteiger partial charge on any atom is -0.507 e. The van der Waals surface area contributed by atoms with Crippen molar-refractivity contribution >= 4 is 15.9 Å². The molecule has 0 radical (unpaired) electrons. The van der Waals surface area contributed by atoms with E-state index in [4.69, 9.17) is 0 Å². The molecule has 2 aromatic rings. The summed E-state index contributed by atoms with van der Waals surface area (Å²) < 4.78 is 0.475. The third-order valence-electron chi connectivity index (χ3n) is 3.20. The van der Waals surface area contributed by atoms with Gasteiger partial charge in [0.15, 0.2) is 0 Å². The summed E-state index contributed by atoms with van der Waals surface area (Å²) in [6.45, 7) is 7.63. The lowest BCUT2D eigenvalue weighted by molar-refractivity contribution is 0.467. The minimum atomic E-state index is -0.193. The Bertz CT molecular complexity index is 697. The Labute approximate surface area is 126 Å². The smallest absolute Gasteiger partial charge is 0.265 e. The summed E-state index contributed by atoms with van der Waals surface area (Å²) >= 11 is 3.28. The van der Waals surface area contributed by atoms with E-state index in [1.54, 1.807) is 0 Å². The number of rotatable bonds is 2. The summed E-state index contributed by atoms with van der Waals surface area (Å²) in [5.74, 6) is 0.940. The van der Waals surface area contributed by atoms with Crippen molar-refractivity contribution in [1.29, 1.82) is 0 Å². The van der Waals surface area contributed by atoms with Gasteiger partial charge in [-0.15, -0.1) is 0 Å². The number of nitrogens with zero attached hydrogens (tertiary/aromatic N) is 1. The van der Waals surface area contributed by atoms with Crippen LogP contribution in [0.4, 0.5) is 0 Å². The third kappa shape index (κ3) is 2.63. The zero-order chi connectivity index (χ0) is 15.0. The monoisotopic (exact) mass is 336 g/mol. The molecule has 0 saturated carbocycles. The fourth-order valence-electron chi connectivity index (χ4n) is 2.09. The molecule has 1 aromatic carbocycles. The van der Waals surface area contributed by atoms with Crippen LogP contribution in [0.5, 0.6) is 5.75 Å². The van der Waals surface area contributed by atoms with Crippen LogP contribution >= 0.6 is 15.9 Å². The molecule has 4 nitrogen and oxygen atoms in total. The van der Waals surface area contributed by atoms with Crippen LogP contribution in [0, 0.1) is 13.8 Å². The number of H-pyrrole nitrogens is 1. The Morgan fingerprint density at radius 2 is 1.80 bits per heavy atom. The molecule has 2 rings (SSSR count). The summed E-state index contributed by atoms with van der Waals surface area (Å²) in [7, 11) is 0. The maximum Gasteiger partial charge on any atom is 0.265 e. The van der Waals surface area contributed by atoms with Crippen LogP contribution in [-0.2, 0) is 0 Å². The maximum atomic E-state index is 12.0. The second-order valence-electron chi connectivity index (χ2n) is 5.23. The normalized spacial score (nSPS) is 11.1. The Kier molecular flexibility index (Phi) is 3.99. The number of phenols is 1. The number of aromatic hydroxyl groups is 1. The molecule has 106 valence electrons. The van der Waals surface area contributed by atoms with Gasteiger partial charge in [0.2, 0.25) is 0 Å². The van der Waals surface area contributed by atoms with Gasteiger partial charge < -0.3 is 10.1 Å². The van der Waals surface area contributed by atoms with Gasteiger partial charge in [0.05, 0.1) is 5.69 Å². The number of nitrogens with one attached hydrogen (secondary N) is 1. The van der Waals surface area contributed by atoms with Gasteiger partial charge in [0.1, 0.15) is 16.0 Å². The number of hydrogen-bond acceptors (Lipinski definition) is 3. The van der Waals surface area contributed by atoms with Crippen molar-refractivity contribution in [3.8, 4) is 17.1 Å². The molecule has 0 spiro atoms. The van der Waals surface area contributed by atoms with E-state index in [-0.39, 0.29) is 17.2 Å². The van der Waals surface area contributed by atoms with E-state index in [1.807, 2.05) is 39.8 Å². The predicted molar refractivity (Wildman–Crippen MR) is 83.2 cm³/mol. The molecule has 0 unspecified atom stereocenters. The van der Waals surface area contributed by atoms with E-state index < -0.39 is 0 Å². The van der Waals surface area contributed by atoms with Gasteiger partial charge >= 0.3 is 0 Å². The zero-order valence-electron chi connectivity index (χ0n) is 11.9. The Morgan fingerprint density at radius 3 is 2.30 bits per heavy atom. The highest BCUT2D eigenvalue weighted by Gasteiger charge is 2.14. The summed E-state index contributed by atoms with van der Waals surface area (Å²) in [6.07, 6.45) is 0. The molecule has 0 saturated heterocycles. The largest absolute Gasteiger partial charge is 0.507 e. The summed E-state index contributed by atoms with van der Waals surface area (Å²) in [6, 6.07) is 3.64. The lowest BCUT2D eigenvalue weighted by Crippen LogP contribution is -2.14. The average molecular weight is 337 g/mol. The molecular weight excluding hydrogens is 320 g/mol. The molecule has 5 heteroatoms. The van der Waals surface area contributed by atoms with Crippen molar-refractivity contribution in [3.63, 3.8) is 0 Å². The molecule has 0 aliphatic heterocycles. The van der Waals surface area contributed by atoms with Gasteiger partial charge in [-0.05, 0) is 59.0 Å². The van der Waals surface area contributed by atoms with Crippen LogP contribution in [0.25, 0.3) is 11.4 Å². The van der Waals surface area contributed by atoms with Crippen molar-refractivity contribution < 1.29 is 5.11 Å². The molecule has 0 fully saturated rings. The van der Waals surface area contributed by atoms with E-state index >= 15 is 0 Å². The van der Waals surface area contributed by atoms with E-state index in [9.17, 15) is 9.90 Å². The summed E-state index contributed by atoms with van der Waals surface area (Å²) in [4.78, 5) is 19.3.